The number of hydrogen-bond acceptors (Lipinski definition) is 3. The quantitative estimate of drug-likeness (QED) is 0.395. The highest BCUT2D eigenvalue weighted by Crippen LogP contribution is 2.05. The molecule has 0 bridgehead atoms. The number of hydrogen-bond donors (Lipinski definition) is 0. The van der Waals surface area contributed by atoms with Crippen molar-refractivity contribution in [2.75, 3.05) is 45.5 Å². The summed E-state index contributed by atoms with van der Waals surface area (Å²) >= 11 is 5.45. The molecule has 0 radical (unpaired) electrons. The fourth-order valence-corrected chi connectivity index (χ4v) is 1.19. The van der Waals surface area contributed by atoms with E-state index in [1.54, 1.807) is 0 Å². The van der Waals surface area contributed by atoms with Gasteiger partial charge in [0.1, 0.15) is 0 Å². The van der Waals surface area contributed by atoms with Gasteiger partial charge in [0.15, 0.2) is 0 Å². The van der Waals surface area contributed by atoms with Gasteiger partial charge in [0.25, 0.3) is 0 Å². The van der Waals surface area contributed by atoms with Gasteiger partial charge in [-0.1, -0.05) is 20.3 Å². The Hall–Kier alpha value is 0.170. The lowest BCUT2D eigenvalue weighted by Crippen LogP contribution is -2.11. The van der Waals surface area contributed by atoms with E-state index >= 15 is 0 Å². The van der Waals surface area contributed by atoms with Crippen LogP contribution >= 0.6 is 11.6 Å². The standard InChI is InChI=1S/C12H25ClO3/c1-3-12(2)4-6-14-8-10-16-11-9-15-7-5-13/h12H,3-11H2,1-2H3. The molecule has 0 fully saturated rings. The summed E-state index contributed by atoms with van der Waals surface area (Å²) in [6, 6.07) is 0. The minimum Gasteiger partial charge on any atom is -0.379 e. The lowest BCUT2D eigenvalue weighted by Gasteiger charge is -2.09. The van der Waals surface area contributed by atoms with E-state index in [4.69, 9.17) is 25.8 Å². The highest BCUT2D eigenvalue weighted by Gasteiger charge is 1.97. The van der Waals surface area contributed by atoms with Crippen LogP contribution in [0.1, 0.15) is 26.7 Å². The number of halogens is 1. The second-order valence-electron chi connectivity index (χ2n) is 3.83. The van der Waals surface area contributed by atoms with Gasteiger partial charge >= 0.3 is 0 Å². The normalized spacial score (nSPS) is 12.9. The van der Waals surface area contributed by atoms with Crippen molar-refractivity contribution in [2.24, 2.45) is 5.92 Å². The fraction of sp³-hybridized carbons (Fsp3) is 1.00. The molecule has 0 spiro atoms. The molecule has 0 aromatic rings. The van der Waals surface area contributed by atoms with Crippen molar-refractivity contribution in [3.8, 4) is 0 Å². The summed E-state index contributed by atoms with van der Waals surface area (Å²) in [6.45, 7) is 8.42. The molecule has 0 N–H and O–H groups in total. The summed E-state index contributed by atoms with van der Waals surface area (Å²) in [7, 11) is 0. The molecule has 0 aliphatic rings. The Bertz CT molecular complexity index is 133. The van der Waals surface area contributed by atoms with Crippen LogP contribution in [0.5, 0.6) is 0 Å². The first-order chi connectivity index (χ1) is 7.81. The maximum atomic E-state index is 5.45. The second kappa shape index (κ2) is 13.2. The molecule has 0 aromatic heterocycles. The summed E-state index contributed by atoms with van der Waals surface area (Å²) in [5.41, 5.74) is 0. The number of alkyl halides is 1. The Morgan fingerprint density at radius 2 is 1.38 bits per heavy atom. The van der Waals surface area contributed by atoms with Crippen molar-refractivity contribution in [2.45, 2.75) is 26.7 Å². The predicted octanol–water partition coefficient (Wildman–Crippen LogP) is 2.71. The van der Waals surface area contributed by atoms with E-state index < -0.39 is 0 Å². The molecular weight excluding hydrogens is 228 g/mol. The third-order valence-corrected chi connectivity index (χ3v) is 2.57. The van der Waals surface area contributed by atoms with Crippen molar-refractivity contribution in [1.82, 2.24) is 0 Å². The Morgan fingerprint density at radius 1 is 0.875 bits per heavy atom. The van der Waals surface area contributed by atoms with Crippen LogP contribution in [0.3, 0.4) is 0 Å². The summed E-state index contributed by atoms with van der Waals surface area (Å²) in [6.07, 6.45) is 2.35. The summed E-state index contributed by atoms with van der Waals surface area (Å²) in [5, 5.41) is 0. The maximum absolute atomic E-state index is 5.45. The Labute approximate surface area is 104 Å². The first-order valence-electron chi connectivity index (χ1n) is 6.10. The smallest absolute Gasteiger partial charge is 0.0701 e. The number of ether oxygens (including phenoxy) is 3. The van der Waals surface area contributed by atoms with E-state index in [0.717, 1.165) is 18.9 Å². The van der Waals surface area contributed by atoms with Gasteiger partial charge in [-0.25, -0.2) is 0 Å². The van der Waals surface area contributed by atoms with Crippen molar-refractivity contribution in [3.63, 3.8) is 0 Å². The molecule has 1 unspecified atom stereocenters. The third kappa shape index (κ3) is 12.2. The molecule has 3 nitrogen and oxygen atoms in total. The fourth-order valence-electron chi connectivity index (χ4n) is 1.09. The largest absolute Gasteiger partial charge is 0.379 e. The van der Waals surface area contributed by atoms with Gasteiger partial charge < -0.3 is 14.2 Å². The zero-order valence-electron chi connectivity index (χ0n) is 10.5. The van der Waals surface area contributed by atoms with Gasteiger partial charge in [0, 0.05) is 12.5 Å². The van der Waals surface area contributed by atoms with Gasteiger partial charge in [0.05, 0.1) is 33.0 Å². The Balaban J connectivity index is 2.93. The van der Waals surface area contributed by atoms with Crippen LogP contribution in [0, 0.1) is 5.92 Å². The minimum absolute atomic E-state index is 0.540. The molecule has 98 valence electrons. The highest BCUT2D eigenvalue weighted by molar-refractivity contribution is 6.17. The molecule has 0 aliphatic heterocycles. The van der Waals surface area contributed by atoms with E-state index in [-0.39, 0.29) is 0 Å². The first-order valence-corrected chi connectivity index (χ1v) is 6.63. The van der Waals surface area contributed by atoms with Gasteiger partial charge in [-0.05, 0) is 12.3 Å². The van der Waals surface area contributed by atoms with Crippen molar-refractivity contribution >= 4 is 11.6 Å². The van der Waals surface area contributed by atoms with Crippen LogP contribution < -0.4 is 0 Å². The maximum Gasteiger partial charge on any atom is 0.0701 e. The van der Waals surface area contributed by atoms with Crippen molar-refractivity contribution in [3.05, 3.63) is 0 Å². The second-order valence-corrected chi connectivity index (χ2v) is 4.21. The molecule has 0 aromatic carbocycles. The van der Waals surface area contributed by atoms with E-state index in [2.05, 4.69) is 13.8 Å². The molecule has 1 atom stereocenters. The van der Waals surface area contributed by atoms with Crippen LogP contribution in [0.4, 0.5) is 0 Å². The highest BCUT2D eigenvalue weighted by atomic mass is 35.5. The lowest BCUT2D eigenvalue weighted by atomic mass is 10.1. The molecule has 4 heteroatoms. The Morgan fingerprint density at radius 3 is 1.88 bits per heavy atom. The average molecular weight is 253 g/mol. The zero-order valence-corrected chi connectivity index (χ0v) is 11.3. The third-order valence-electron chi connectivity index (χ3n) is 2.42. The number of rotatable bonds is 12. The van der Waals surface area contributed by atoms with E-state index in [9.17, 15) is 0 Å². The van der Waals surface area contributed by atoms with E-state index in [1.807, 2.05) is 0 Å². The lowest BCUT2D eigenvalue weighted by molar-refractivity contribution is 0.0151. The summed E-state index contributed by atoms with van der Waals surface area (Å²) < 4.78 is 15.9. The van der Waals surface area contributed by atoms with Crippen LogP contribution in [-0.4, -0.2) is 45.5 Å². The molecule has 16 heavy (non-hydrogen) atoms. The van der Waals surface area contributed by atoms with Crippen LogP contribution in [0.2, 0.25) is 0 Å². The molecule has 0 rings (SSSR count). The first kappa shape index (κ1) is 16.2. The molecule has 0 aliphatic carbocycles. The van der Waals surface area contributed by atoms with Gasteiger partial charge in [-0.2, -0.15) is 0 Å². The van der Waals surface area contributed by atoms with Crippen LogP contribution in [0.25, 0.3) is 0 Å². The van der Waals surface area contributed by atoms with Gasteiger partial charge in [0.2, 0.25) is 0 Å². The predicted molar refractivity (Wildman–Crippen MR) is 67.2 cm³/mol. The van der Waals surface area contributed by atoms with E-state index in [1.165, 1.54) is 6.42 Å². The summed E-state index contributed by atoms with van der Waals surface area (Å²) in [4.78, 5) is 0. The SMILES string of the molecule is CCC(C)CCOCCOCCOCCCl. The van der Waals surface area contributed by atoms with Crippen molar-refractivity contribution < 1.29 is 14.2 Å². The zero-order chi connectivity index (χ0) is 12.1. The summed E-state index contributed by atoms with van der Waals surface area (Å²) in [5.74, 6) is 1.29. The topological polar surface area (TPSA) is 27.7 Å². The van der Waals surface area contributed by atoms with E-state index in [0.29, 0.717) is 38.9 Å². The van der Waals surface area contributed by atoms with Crippen LogP contribution in [0.15, 0.2) is 0 Å². The monoisotopic (exact) mass is 252 g/mol. The van der Waals surface area contributed by atoms with Crippen molar-refractivity contribution in [1.29, 1.82) is 0 Å². The Kier molecular flexibility index (Phi) is 13.4. The molecular formula is C12H25ClO3. The molecule has 0 heterocycles. The van der Waals surface area contributed by atoms with Crippen LogP contribution in [-0.2, 0) is 14.2 Å². The van der Waals surface area contributed by atoms with Gasteiger partial charge in [-0.3, -0.25) is 0 Å². The minimum atomic E-state index is 0.540. The average Bonchev–Trinajstić information content (AvgIpc) is 2.31. The molecule has 0 saturated heterocycles. The van der Waals surface area contributed by atoms with Gasteiger partial charge in [-0.15, -0.1) is 11.6 Å². The molecule has 0 amide bonds. The molecule has 0 saturated carbocycles.